The summed E-state index contributed by atoms with van der Waals surface area (Å²) in [6, 6.07) is 9.89. The number of aromatic nitrogens is 2. The summed E-state index contributed by atoms with van der Waals surface area (Å²) in [5.74, 6) is -2.30. The first-order valence-electron chi connectivity index (χ1n) is 10.9. The molecule has 1 aliphatic heterocycles. The van der Waals surface area contributed by atoms with Gasteiger partial charge in [-0.15, -0.1) is 0 Å². The number of phosphoric acid groups is 1. The molecule has 3 heterocycles. The van der Waals surface area contributed by atoms with E-state index in [1.165, 1.54) is 22.9 Å². The molecule has 2 aromatic heterocycles. The van der Waals surface area contributed by atoms with E-state index in [-0.39, 0.29) is 5.56 Å². The zero-order valence-corrected chi connectivity index (χ0v) is 20.1. The van der Waals surface area contributed by atoms with Crippen molar-refractivity contribution >= 4 is 30.7 Å². The first-order chi connectivity index (χ1) is 17.4. The fourth-order valence-electron chi connectivity index (χ4n) is 3.71. The van der Waals surface area contributed by atoms with E-state index in [4.69, 9.17) is 14.7 Å². The van der Waals surface area contributed by atoms with Gasteiger partial charge in [0.15, 0.2) is 24.5 Å². The van der Waals surface area contributed by atoms with E-state index in [2.05, 4.69) is 15.2 Å². The van der Waals surface area contributed by atoms with E-state index in [0.29, 0.717) is 6.42 Å². The topological polar surface area (TPSA) is 244 Å². The molecule has 37 heavy (non-hydrogen) atoms. The molecule has 6 atom stereocenters. The predicted octanol–water partition coefficient (Wildman–Crippen LogP) is -3.16. The van der Waals surface area contributed by atoms with Crippen LogP contribution in [0.15, 0.2) is 55.0 Å². The number of hydrogen-bond acceptors (Lipinski definition) is 9. The Labute approximate surface area is 209 Å². The van der Waals surface area contributed by atoms with Crippen molar-refractivity contribution in [1.29, 1.82) is 0 Å². The van der Waals surface area contributed by atoms with Crippen molar-refractivity contribution in [2.75, 3.05) is 6.61 Å². The Morgan fingerprint density at radius 2 is 1.92 bits per heavy atom. The van der Waals surface area contributed by atoms with Crippen LogP contribution in [0, 0.1) is 0 Å². The number of hydrogen-bond donors (Lipinski definition) is 6. The zero-order valence-electron chi connectivity index (χ0n) is 19.2. The SMILES string of the molecule is O=C([O-])c1ccc[n+]([C@@H]2O[C@H](COP(=O)([O-])O)[C@@H](O)[C@H]2O)c1.[NH3+][C@@H](Cc1c[nH]c2ccccc12)C(=O)O. The van der Waals surface area contributed by atoms with E-state index in [1.807, 2.05) is 30.5 Å². The number of carbonyl (C=O) groups excluding carboxylic acids is 1. The number of rotatable bonds is 8. The van der Waals surface area contributed by atoms with Crippen LogP contribution in [0.4, 0.5) is 0 Å². The highest BCUT2D eigenvalue weighted by molar-refractivity contribution is 7.44. The second-order valence-electron chi connectivity index (χ2n) is 8.24. The second-order valence-corrected chi connectivity index (χ2v) is 9.43. The minimum Gasteiger partial charge on any atom is -0.756 e. The zero-order chi connectivity index (χ0) is 27.3. The van der Waals surface area contributed by atoms with E-state index in [9.17, 15) is 34.4 Å². The van der Waals surface area contributed by atoms with Gasteiger partial charge in [0.1, 0.15) is 12.2 Å². The summed E-state index contributed by atoms with van der Waals surface area (Å²) >= 11 is 0. The van der Waals surface area contributed by atoms with Crippen LogP contribution < -0.4 is 20.3 Å². The molecule has 4 rings (SSSR count). The summed E-state index contributed by atoms with van der Waals surface area (Å²) in [7, 11) is -4.99. The second kappa shape index (κ2) is 11.9. The molecule has 1 aliphatic rings. The summed E-state index contributed by atoms with van der Waals surface area (Å²) in [6.07, 6.45) is -0.507. The van der Waals surface area contributed by atoms with Crippen LogP contribution in [0.25, 0.3) is 10.9 Å². The number of para-hydroxylation sites is 1. The number of aromatic carboxylic acids is 1. The Balaban J connectivity index is 0.000000220. The number of quaternary nitrogens is 1. The molecule has 1 unspecified atom stereocenters. The van der Waals surface area contributed by atoms with E-state index >= 15 is 0 Å². The summed E-state index contributed by atoms with van der Waals surface area (Å²) in [5, 5.41) is 40.4. The van der Waals surface area contributed by atoms with Gasteiger partial charge in [0.2, 0.25) is 0 Å². The van der Waals surface area contributed by atoms with Crippen LogP contribution in [0.5, 0.6) is 0 Å². The number of ether oxygens (including phenoxy) is 1. The fraction of sp³-hybridized carbons (Fsp3) is 0.318. The van der Waals surface area contributed by atoms with Crippen molar-refractivity contribution in [1.82, 2.24) is 4.98 Å². The van der Waals surface area contributed by atoms with Gasteiger partial charge in [0.25, 0.3) is 14.1 Å². The van der Waals surface area contributed by atoms with Gasteiger partial charge in [-0.3, -0.25) is 4.57 Å². The Morgan fingerprint density at radius 1 is 1.22 bits per heavy atom. The molecular weight excluding hydrogens is 513 g/mol. The quantitative estimate of drug-likeness (QED) is 0.123. The van der Waals surface area contributed by atoms with Crippen molar-refractivity contribution in [3.63, 3.8) is 0 Å². The molecule has 0 saturated carbocycles. The van der Waals surface area contributed by atoms with Gasteiger partial charge in [0.05, 0.1) is 18.1 Å². The van der Waals surface area contributed by atoms with Crippen molar-refractivity contribution in [2.45, 2.75) is 37.0 Å². The molecule has 1 saturated heterocycles. The van der Waals surface area contributed by atoms with Crippen molar-refractivity contribution in [2.24, 2.45) is 0 Å². The summed E-state index contributed by atoms with van der Waals surface area (Å²) < 4.78 is 21.1. The number of carboxylic acids is 2. The van der Waals surface area contributed by atoms with Crippen LogP contribution in [0.2, 0.25) is 0 Å². The molecule has 8 N–H and O–H groups in total. The minimum atomic E-state index is -4.99. The highest BCUT2D eigenvalue weighted by Gasteiger charge is 2.48. The molecule has 0 radical (unpaired) electrons. The van der Waals surface area contributed by atoms with E-state index < -0.39 is 56.9 Å². The van der Waals surface area contributed by atoms with Gasteiger partial charge in [-0.25, -0.2) is 4.79 Å². The molecule has 3 aromatic rings. The normalized spacial score (nSPS) is 23.6. The van der Waals surface area contributed by atoms with Gasteiger partial charge in [-0.1, -0.05) is 18.2 Å². The highest BCUT2D eigenvalue weighted by atomic mass is 31.2. The average molecular weight is 539 g/mol. The lowest BCUT2D eigenvalue weighted by atomic mass is 10.1. The molecule has 200 valence electrons. The number of nitrogens with zero attached hydrogens (tertiary/aromatic N) is 1. The van der Waals surface area contributed by atoms with E-state index in [1.54, 1.807) is 0 Å². The maximum absolute atomic E-state index is 10.8. The van der Waals surface area contributed by atoms with Crippen LogP contribution in [0.1, 0.15) is 22.1 Å². The Hall–Kier alpha value is -3.20. The van der Waals surface area contributed by atoms with Crippen molar-refractivity contribution < 1.29 is 63.9 Å². The minimum absolute atomic E-state index is 0.174. The van der Waals surface area contributed by atoms with Crippen LogP contribution in [-0.2, 0) is 25.0 Å². The smallest absolute Gasteiger partial charge is 0.362 e. The molecule has 14 nitrogen and oxygen atoms in total. The number of benzene rings is 1. The third kappa shape index (κ3) is 7.41. The molecule has 15 heteroatoms. The number of fused-ring (bicyclic) bond motifs is 1. The number of pyridine rings is 1. The van der Waals surface area contributed by atoms with Gasteiger partial charge in [0, 0.05) is 29.6 Å². The third-order valence-corrected chi connectivity index (χ3v) is 6.06. The summed E-state index contributed by atoms with van der Waals surface area (Å²) in [4.78, 5) is 43.6. The molecule has 1 fully saturated rings. The van der Waals surface area contributed by atoms with Crippen molar-refractivity contribution in [3.8, 4) is 0 Å². The number of H-pyrrole nitrogens is 1. The number of aliphatic hydroxyl groups is 2. The first-order valence-corrected chi connectivity index (χ1v) is 12.4. The number of carbonyl (C=O) groups is 2. The number of aromatic amines is 1. The maximum atomic E-state index is 10.8. The molecule has 0 spiro atoms. The molecular formula is C22H26N3O11P. The highest BCUT2D eigenvalue weighted by Crippen LogP contribution is 2.33. The number of aliphatic carboxylic acids is 1. The third-order valence-electron chi connectivity index (χ3n) is 5.58. The number of aliphatic hydroxyl groups excluding tert-OH is 2. The summed E-state index contributed by atoms with van der Waals surface area (Å²) in [6.45, 7) is -0.702. The van der Waals surface area contributed by atoms with Gasteiger partial charge < -0.3 is 55.0 Å². The number of phosphoric ester groups is 1. The average Bonchev–Trinajstić information content (AvgIpc) is 3.38. The predicted molar refractivity (Wildman–Crippen MR) is 119 cm³/mol. The number of nitrogens with one attached hydrogen (secondary N) is 1. The molecule has 0 amide bonds. The van der Waals surface area contributed by atoms with Gasteiger partial charge in [-0.2, -0.15) is 4.57 Å². The maximum Gasteiger partial charge on any atom is 0.362 e. The molecule has 0 bridgehead atoms. The summed E-state index contributed by atoms with van der Waals surface area (Å²) in [5.41, 5.74) is 5.47. The Bertz CT molecular complexity index is 1290. The largest absolute Gasteiger partial charge is 0.756 e. The molecule has 1 aromatic carbocycles. The first kappa shape index (κ1) is 28.4. The van der Waals surface area contributed by atoms with Crippen LogP contribution in [0.3, 0.4) is 0 Å². The number of carboxylic acid groups (broad SMARTS) is 2. The van der Waals surface area contributed by atoms with Crippen LogP contribution >= 0.6 is 7.82 Å². The van der Waals surface area contributed by atoms with Gasteiger partial charge in [-0.05, 0) is 17.7 Å². The Kier molecular flexibility index (Phi) is 9.12. The standard InChI is InChI=1S/C11H12N2O2.C11H14NO9P/c12-9(11(14)15)5-7-6-13-10-4-2-1-3-8(7)10;13-8-7(5-20-22(17,18)19)21-10(9(8)14)12-3-1-2-6(4-12)11(15)16/h1-4,6,9,13H,5,12H2,(H,14,15);1-4,7-10,13-14H,5H2,(H2-,15,16,17,18,19)/t9-;7-,8-,9-,10-/m01/s1. The monoisotopic (exact) mass is 539 g/mol. The van der Waals surface area contributed by atoms with E-state index in [0.717, 1.165) is 22.7 Å². The lowest BCUT2D eigenvalue weighted by molar-refractivity contribution is -0.765. The van der Waals surface area contributed by atoms with Crippen LogP contribution in [-0.4, -0.2) is 68.1 Å². The molecule has 0 aliphatic carbocycles. The lowest BCUT2D eigenvalue weighted by Gasteiger charge is -2.19. The van der Waals surface area contributed by atoms with Crippen molar-refractivity contribution in [3.05, 3.63) is 66.1 Å². The van der Waals surface area contributed by atoms with Gasteiger partial charge >= 0.3 is 5.97 Å². The fourth-order valence-corrected chi connectivity index (χ4v) is 4.04. The lowest BCUT2D eigenvalue weighted by Crippen LogP contribution is -2.65. The Morgan fingerprint density at radius 3 is 2.57 bits per heavy atom.